The second kappa shape index (κ2) is 10.5. The Balaban J connectivity index is 1.38. The van der Waals surface area contributed by atoms with Crippen molar-refractivity contribution in [2.75, 3.05) is 33.3 Å². The molecule has 0 aliphatic carbocycles. The molecule has 1 saturated heterocycles. The van der Waals surface area contributed by atoms with E-state index in [0.29, 0.717) is 19.6 Å². The second-order valence-corrected chi connectivity index (χ2v) is 8.33. The second-order valence-electron chi connectivity index (χ2n) is 7.89. The van der Waals surface area contributed by atoms with Crippen molar-refractivity contribution < 1.29 is 9.53 Å². The summed E-state index contributed by atoms with van der Waals surface area (Å²) in [6, 6.07) is 26.4. The molecule has 32 heavy (non-hydrogen) atoms. The van der Waals surface area contributed by atoms with E-state index in [4.69, 9.17) is 16.3 Å². The zero-order chi connectivity index (χ0) is 22.3. The smallest absolute Gasteiger partial charge is 0.317 e. The molecule has 6 heteroatoms. The fourth-order valence-corrected chi connectivity index (χ4v) is 4.24. The molecule has 0 unspecified atom stereocenters. The van der Waals surface area contributed by atoms with Crippen molar-refractivity contribution in [2.45, 2.75) is 12.6 Å². The molecule has 0 bridgehead atoms. The van der Waals surface area contributed by atoms with Gasteiger partial charge in [0.2, 0.25) is 0 Å². The summed E-state index contributed by atoms with van der Waals surface area (Å²) in [7, 11) is 1.64. The average molecular weight is 450 g/mol. The van der Waals surface area contributed by atoms with Crippen LogP contribution in [0.1, 0.15) is 22.7 Å². The topological polar surface area (TPSA) is 44.8 Å². The van der Waals surface area contributed by atoms with Crippen LogP contribution in [0.4, 0.5) is 4.79 Å². The fraction of sp³-hybridized carbons (Fsp3) is 0.269. The lowest BCUT2D eigenvalue weighted by Gasteiger charge is -2.39. The van der Waals surface area contributed by atoms with Crippen molar-refractivity contribution in [1.82, 2.24) is 15.1 Å². The number of halogens is 1. The number of rotatable bonds is 6. The van der Waals surface area contributed by atoms with Crippen LogP contribution >= 0.6 is 11.6 Å². The minimum Gasteiger partial charge on any atom is -0.497 e. The van der Waals surface area contributed by atoms with E-state index in [1.807, 2.05) is 47.4 Å². The number of amides is 2. The zero-order valence-electron chi connectivity index (χ0n) is 18.2. The van der Waals surface area contributed by atoms with Gasteiger partial charge in [-0.2, -0.15) is 0 Å². The molecule has 1 fully saturated rings. The van der Waals surface area contributed by atoms with Crippen LogP contribution in [-0.4, -0.2) is 49.1 Å². The first kappa shape index (κ1) is 22.2. The van der Waals surface area contributed by atoms with Gasteiger partial charge in [0, 0.05) is 37.7 Å². The molecular formula is C26H28ClN3O2. The van der Waals surface area contributed by atoms with E-state index in [1.54, 1.807) is 7.11 Å². The van der Waals surface area contributed by atoms with E-state index >= 15 is 0 Å². The first-order valence-corrected chi connectivity index (χ1v) is 11.2. The molecule has 3 aromatic rings. The number of hydrogen-bond donors (Lipinski definition) is 1. The van der Waals surface area contributed by atoms with Crippen LogP contribution in [0, 0.1) is 0 Å². The number of urea groups is 1. The maximum Gasteiger partial charge on any atom is 0.317 e. The predicted octanol–water partition coefficient (Wildman–Crippen LogP) is 4.97. The van der Waals surface area contributed by atoms with E-state index in [-0.39, 0.29) is 12.1 Å². The molecule has 0 aromatic heterocycles. The molecule has 166 valence electrons. The van der Waals surface area contributed by atoms with Crippen LogP contribution in [0.3, 0.4) is 0 Å². The van der Waals surface area contributed by atoms with Crippen LogP contribution < -0.4 is 10.1 Å². The Labute approximate surface area is 194 Å². The molecule has 1 aliphatic heterocycles. The van der Waals surface area contributed by atoms with Gasteiger partial charge < -0.3 is 15.0 Å². The Hall–Kier alpha value is -3.02. The van der Waals surface area contributed by atoms with Crippen LogP contribution in [0.15, 0.2) is 78.9 Å². The molecule has 0 spiro atoms. The summed E-state index contributed by atoms with van der Waals surface area (Å²) >= 11 is 6.12. The molecule has 4 rings (SSSR count). The molecule has 1 N–H and O–H groups in total. The quantitative estimate of drug-likeness (QED) is 0.578. The van der Waals surface area contributed by atoms with Crippen molar-refractivity contribution in [3.63, 3.8) is 0 Å². The molecule has 0 radical (unpaired) electrons. The fourth-order valence-electron chi connectivity index (χ4n) is 4.11. The van der Waals surface area contributed by atoms with Gasteiger partial charge in [0.15, 0.2) is 0 Å². The van der Waals surface area contributed by atoms with Gasteiger partial charge in [-0.25, -0.2) is 4.79 Å². The first-order valence-electron chi connectivity index (χ1n) is 10.8. The van der Waals surface area contributed by atoms with Gasteiger partial charge in [-0.1, -0.05) is 66.2 Å². The summed E-state index contributed by atoms with van der Waals surface area (Å²) in [4.78, 5) is 17.0. The number of piperazine rings is 1. The third-order valence-electron chi connectivity index (χ3n) is 5.87. The summed E-state index contributed by atoms with van der Waals surface area (Å²) in [5, 5.41) is 3.77. The van der Waals surface area contributed by atoms with Crippen molar-refractivity contribution >= 4 is 17.6 Å². The SMILES string of the molecule is COc1ccc(CNC(=O)N2CCN([C@H](c3ccccc3)c3ccc(Cl)cc3)CC2)cc1. The van der Waals surface area contributed by atoms with Gasteiger partial charge in [-0.3, -0.25) is 4.90 Å². The lowest BCUT2D eigenvalue weighted by atomic mass is 9.96. The maximum absolute atomic E-state index is 12.7. The van der Waals surface area contributed by atoms with E-state index < -0.39 is 0 Å². The van der Waals surface area contributed by atoms with E-state index in [1.165, 1.54) is 11.1 Å². The number of carbonyl (C=O) groups excluding carboxylic acids is 1. The summed E-state index contributed by atoms with van der Waals surface area (Å²) in [5.74, 6) is 0.810. The number of nitrogens with one attached hydrogen (secondary N) is 1. The number of carbonyl (C=O) groups is 1. The highest BCUT2D eigenvalue weighted by Gasteiger charge is 2.28. The largest absolute Gasteiger partial charge is 0.497 e. The molecule has 1 aliphatic rings. The summed E-state index contributed by atoms with van der Waals surface area (Å²) in [6.07, 6.45) is 0. The van der Waals surface area contributed by atoms with Crippen LogP contribution in [0.5, 0.6) is 5.75 Å². The van der Waals surface area contributed by atoms with Gasteiger partial charge >= 0.3 is 6.03 Å². The zero-order valence-corrected chi connectivity index (χ0v) is 19.0. The Bertz CT molecular complexity index is 1000. The number of methoxy groups -OCH3 is 1. The first-order chi connectivity index (χ1) is 15.6. The average Bonchev–Trinajstić information content (AvgIpc) is 2.85. The minimum atomic E-state index is -0.0248. The molecule has 1 heterocycles. The third kappa shape index (κ3) is 5.42. The maximum atomic E-state index is 12.7. The van der Waals surface area contributed by atoms with Gasteiger partial charge in [0.1, 0.15) is 5.75 Å². The number of hydrogen-bond acceptors (Lipinski definition) is 3. The normalized spacial score (nSPS) is 15.2. The third-order valence-corrected chi connectivity index (χ3v) is 6.12. The number of nitrogens with zero attached hydrogens (tertiary/aromatic N) is 2. The van der Waals surface area contributed by atoms with Crippen LogP contribution in [-0.2, 0) is 6.54 Å². The highest BCUT2D eigenvalue weighted by molar-refractivity contribution is 6.30. The highest BCUT2D eigenvalue weighted by atomic mass is 35.5. The molecule has 1 atom stereocenters. The van der Waals surface area contributed by atoms with Crippen LogP contribution in [0.2, 0.25) is 5.02 Å². The van der Waals surface area contributed by atoms with Crippen LogP contribution in [0.25, 0.3) is 0 Å². The van der Waals surface area contributed by atoms with Gasteiger partial charge in [-0.15, -0.1) is 0 Å². The molecule has 5 nitrogen and oxygen atoms in total. The van der Waals surface area contributed by atoms with Gasteiger partial charge in [0.05, 0.1) is 13.2 Å². The van der Waals surface area contributed by atoms with Crippen molar-refractivity contribution in [2.24, 2.45) is 0 Å². The Morgan fingerprint density at radius 3 is 2.16 bits per heavy atom. The van der Waals surface area contributed by atoms with E-state index in [2.05, 4.69) is 46.6 Å². The highest BCUT2D eigenvalue weighted by Crippen LogP contribution is 2.30. The van der Waals surface area contributed by atoms with Crippen molar-refractivity contribution in [3.8, 4) is 5.75 Å². The van der Waals surface area contributed by atoms with Gasteiger partial charge in [0.25, 0.3) is 0 Å². The molecular weight excluding hydrogens is 422 g/mol. The summed E-state index contributed by atoms with van der Waals surface area (Å²) in [6.45, 7) is 3.48. The summed E-state index contributed by atoms with van der Waals surface area (Å²) in [5.41, 5.74) is 3.50. The summed E-state index contributed by atoms with van der Waals surface area (Å²) < 4.78 is 5.18. The lowest BCUT2D eigenvalue weighted by Crippen LogP contribution is -2.52. The Morgan fingerprint density at radius 2 is 1.53 bits per heavy atom. The standard InChI is InChI=1S/C26H28ClN3O2/c1-32-24-13-7-20(8-14-24)19-28-26(31)30-17-15-29(16-18-30)25(21-5-3-2-4-6-21)22-9-11-23(27)12-10-22/h2-14,25H,15-19H2,1H3,(H,28,31)/t25-/m1/s1. The monoisotopic (exact) mass is 449 g/mol. The number of benzene rings is 3. The molecule has 2 amide bonds. The lowest BCUT2D eigenvalue weighted by molar-refractivity contribution is 0.120. The minimum absolute atomic E-state index is 0.0248. The van der Waals surface area contributed by atoms with Crippen molar-refractivity contribution in [1.29, 1.82) is 0 Å². The van der Waals surface area contributed by atoms with Crippen molar-refractivity contribution in [3.05, 3.63) is 101 Å². The Kier molecular flexibility index (Phi) is 7.30. The van der Waals surface area contributed by atoms with Gasteiger partial charge in [-0.05, 0) is 41.0 Å². The Morgan fingerprint density at radius 1 is 0.906 bits per heavy atom. The molecule has 0 saturated carbocycles. The molecule has 3 aromatic carbocycles. The predicted molar refractivity (Wildman–Crippen MR) is 128 cm³/mol. The number of ether oxygens (including phenoxy) is 1. The van der Waals surface area contributed by atoms with E-state index in [0.717, 1.165) is 29.4 Å². The van der Waals surface area contributed by atoms with E-state index in [9.17, 15) is 4.79 Å².